The van der Waals surface area contributed by atoms with Crippen molar-refractivity contribution in [2.75, 3.05) is 12.4 Å². The molecule has 0 fully saturated rings. The summed E-state index contributed by atoms with van der Waals surface area (Å²) in [7, 11) is 1.78. The molecule has 0 atom stereocenters. The average molecular weight is 254 g/mol. The monoisotopic (exact) mass is 253 g/mol. The molecule has 0 saturated heterocycles. The standard InChI is InChI=1S/C11H9Cl2N3/c1-14-11-10(15-5-6-16-11)9-7(12)3-2-4-8(9)13/h2-6H,1H3,(H,14,16). The van der Waals surface area contributed by atoms with Crippen molar-refractivity contribution in [3.63, 3.8) is 0 Å². The van der Waals surface area contributed by atoms with Crippen molar-refractivity contribution in [2.24, 2.45) is 0 Å². The summed E-state index contributed by atoms with van der Waals surface area (Å²) in [6, 6.07) is 5.34. The number of anilines is 1. The number of nitrogens with zero attached hydrogens (tertiary/aromatic N) is 2. The molecule has 0 aliphatic rings. The molecule has 0 aliphatic heterocycles. The number of rotatable bonds is 2. The summed E-state index contributed by atoms with van der Waals surface area (Å²) < 4.78 is 0. The Morgan fingerprint density at radius 2 is 1.69 bits per heavy atom. The van der Waals surface area contributed by atoms with E-state index in [-0.39, 0.29) is 0 Å². The van der Waals surface area contributed by atoms with E-state index in [1.54, 1.807) is 37.6 Å². The molecule has 1 N–H and O–H groups in total. The van der Waals surface area contributed by atoms with E-state index in [2.05, 4.69) is 15.3 Å². The molecule has 0 bridgehead atoms. The van der Waals surface area contributed by atoms with Gasteiger partial charge in [0.1, 0.15) is 5.69 Å². The van der Waals surface area contributed by atoms with Gasteiger partial charge in [-0.2, -0.15) is 0 Å². The SMILES string of the molecule is CNc1nccnc1-c1c(Cl)cccc1Cl. The van der Waals surface area contributed by atoms with Gasteiger partial charge in [0.25, 0.3) is 0 Å². The zero-order chi connectivity index (χ0) is 11.5. The third-order valence-electron chi connectivity index (χ3n) is 2.13. The Morgan fingerprint density at radius 1 is 1.06 bits per heavy atom. The second-order valence-corrected chi connectivity index (χ2v) is 3.91. The van der Waals surface area contributed by atoms with Gasteiger partial charge in [-0.1, -0.05) is 29.3 Å². The van der Waals surface area contributed by atoms with Crippen molar-refractivity contribution in [3.05, 3.63) is 40.6 Å². The lowest BCUT2D eigenvalue weighted by Crippen LogP contribution is -1.98. The van der Waals surface area contributed by atoms with Crippen LogP contribution in [0.3, 0.4) is 0 Å². The molecular formula is C11H9Cl2N3. The van der Waals surface area contributed by atoms with Crippen LogP contribution in [0.5, 0.6) is 0 Å². The number of nitrogens with one attached hydrogen (secondary N) is 1. The van der Waals surface area contributed by atoms with Crippen molar-refractivity contribution in [1.82, 2.24) is 9.97 Å². The zero-order valence-corrected chi connectivity index (χ0v) is 10.0. The number of halogens is 2. The van der Waals surface area contributed by atoms with Gasteiger partial charge >= 0.3 is 0 Å². The smallest absolute Gasteiger partial charge is 0.152 e. The summed E-state index contributed by atoms with van der Waals surface area (Å²) in [6.07, 6.45) is 3.22. The van der Waals surface area contributed by atoms with Gasteiger partial charge in [-0.05, 0) is 12.1 Å². The third-order valence-corrected chi connectivity index (χ3v) is 2.76. The highest BCUT2D eigenvalue weighted by molar-refractivity contribution is 6.39. The highest BCUT2D eigenvalue weighted by Gasteiger charge is 2.13. The van der Waals surface area contributed by atoms with Gasteiger partial charge in [-0.25, -0.2) is 4.98 Å². The Balaban J connectivity index is 2.67. The topological polar surface area (TPSA) is 37.8 Å². The minimum atomic E-state index is 0.560. The predicted molar refractivity (Wildman–Crippen MR) is 67.0 cm³/mol. The Bertz CT molecular complexity index is 494. The molecule has 0 amide bonds. The maximum absolute atomic E-state index is 6.11. The average Bonchev–Trinajstić information content (AvgIpc) is 2.29. The fraction of sp³-hybridized carbons (Fsp3) is 0.0909. The highest BCUT2D eigenvalue weighted by Crippen LogP contribution is 2.35. The first-order valence-corrected chi connectivity index (χ1v) is 5.42. The molecule has 0 spiro atoms. The van der Waals surface area contributed by atoms with E-state index in [1.165, 1.54) is 0 Å². The molecule has 1 heterocycles. The molecular weight excluding hydrogens is 245 g/mol. The minimum absolute atomic E-state index is 0.560. The first-order valence-electron chi connectivity index (χ1n) is 4.67. The molecule has 1 aromatic carbocycles. The summed E-state index contributed by atoms with van der Waals surface area (Å²) in [5.74, 6) is 0.650. The van der Waals surface area contributed by atoms with Crippen LogP contribution in [-0.4, -0.2) is 17.0 Å². The molecule has 2 rings (SSSR count). The van der Waals surface area contributed by atoms with Gasteiger partial charge in [-0.15, -0.1) is 0 Å². The van der Waals surface area contributed by atoms with Crippen molar-refractivity contribution in [2.45, 2.75) is 0 Å². The molecule has 3 nitrogen and oxygen atoms in total. The number of hydrogen-bond donors (Lipinski definition) is 1. The summed E-state index contributed by atoms with van der Waals surface area (Å²) in [5, 5.41) is 4.08. The van der Waals surface area contributed by atoms with Crippen LogP contribution in [-0.2, 0) is 0 Å². The summed E-state index contributed by atoms with van der Waals surface area (Å²) in [5.41, 5.74) is 1.35. The van der Waals surface area contributed by atoms with E-state index in [1.807, 2.05) is 0 Å². The van der Waals surface area contributed by atoms with Crippen LogP contribution in [0.25, 0.3) is 11.3 Å². The summed E-state index contributed by atoms with van der Waals surface area (Å²) in [4.78, 5) is 8.41. The largest absolute Gasteiger partial charge is 0.371 e. The number of aromatic nitrogens is 2. The van der Waals surface area contributed by atoms with Crippen LogP contribution in [0, 0.1) is 0 Å². The van der Waals surface area contributed by atoms with E-state index in [9.17, 15) is 0 Å². The van der Waals surface area contributed by atoms with Crippen molar-refractivity contribution >= 4 is 29.0 Å². The number of benzene rings is 1. The number of hydrogen-bond acceptors (Lipinski definition) is 3. The van der Waals surface area contributed by atoms with Gasteiger partial charge in [-0.3, -0.25) is 4.98 Å². The van der Waals surface area contributed by atoms with Gasteiger partial charge in [0.05, 0.1) is 10.0 Å². The second-order valence-electron chi connectivity index (χ2n) is 3.10. The molecule has 16 heavy (non-hydrogen) atoms. The molecule has 0 aliphatic carbocycles. The molecule has 5 heteroatoms. The zero-order valence-electron chi connectivity index (χ0n) is 8.54. The van der Waals surface area contributed by atoms with Crippen LogP contribution in [0.4, 0.5) is 5.82 Å². The molecule has 0 radical (unpaired) electrons. The van der Waals surface area contributed by atoms with E-state index >= 15 is 0 Å². The highest BCUT2D eigenvalue weighted by atomic mass is 35.5. The Kier molecular flexibility index (Phi) is 3.27. The van der Waals surface area contributed by atoms with Crippen molar-refractivity contribution in [3.8, 4) is 11.3 Å². The van der Waals surface area contributed by atoms with Crippen LogP contribution in [0.2, 0.25) is 10.0 Å². The molecule has 82 valence electrons. The normalized spacial score (nSPS) is 10.2. The fourth-order valence-corrected chi connectivity index (χ4v) is 2.00. The van der Waals surface area contributed by atoms with Crippen LogP contribution in [0.1, 0.15) is 0 Å². The predicted octanol–water partition coefficient (Wildman–Crippen LogP) is 3.49. The molecule has 0 saturated carbocycles. The third kappa shape index (κ3) is 1.96. The molecule has 1 aromatic heterocycles. The summed E-state index contributed by atoms with van der Waals surface area (Å²) >= 11 is 12.2. The lowest BCUT2D eigenvalue weighted by molar-refractivity contribution is 1.19. The second kappa shape index (κ2) is 4.68. The first-order chi connectivity index (χ1) is 7.74. The van der Waals surface area contributed by atoms with Crippen LogP contribution < -0.4 is 5.32 Å². The lowest BCUT2D eigenvalue weighted by Gasteiger charge is -2.09. The Hall–Kier alpha value is -1.32. The van der Waals surface area contributed by atoms with Gasteiger partial charge < -0.3 is 5.32 Å². The fourth-order valence-electron chi connectivity index (χ4n) is 1.43. The lowest BCUT2D eigenvalue weighted by atomic mass is 10.1. The van der Waals surface area contributed by atoms with E-state index in [4.69, 9.17) is 23.2 Å². The maximum Gasteiger partial charge on any atom is 0.152 e. The Labute approximate surface area is 103 Å². The summed E-state index contributed by atoms with van der Waals surface area (Å²) in [6.45, 7) is 0. The minimum Gasteiger partial charge on any atom is -0.371 e. The molecule has 2 aromatic rings. The van der Waals surface area contributed by atoms with E-state index in [0.717, 1.165) is 0 Å². The van der Waals surface area contributed by atoms with Crippen molar-refractivity contribution in [1.29, 1.82) is 0 Å². The quantitative estimate of drug-likeness (QED) is 0.891. The molecule has 0 unspecified atom stereocenters. The van der Waals surface area contributed by atoms with E-state index in [0.29, 0.717) is 27.1 Å². The van der Waals surface area contributed by atoms with E-state index < -0.39 is 0 Å². The van der Waals surface area contributed by atoms with Gasteiger partial charge in [0.15, 0.2) is 5.82 Å². The van der Waals surface area contributed by atoms with Gasteiger partial charge in [0, 0.05) is 25.0 Å². The van der Waals surface area contributed by atoms with Crippen LogP contribution in [0.15, 0.2) is 30.6 Å². The Morgan fingerprint density at radius 3 is 2.31 bits per heavy atom. The van der Waals surface area contributed by atoms with Gasteiger partial charge in [0.2, 0.25) is 0 Å². The maximum atomic E-state index is 6.11. The van der Waals surface area contributed by atoms with Crippen molar-refractivity contribution < 1.29 is 0 Å². The first kappa shape index (κ1) is 11.2. The van der Waals surface area contributed by atoms with Crippen LogP contribution >= 0.6 is 23.2 Å².